The Balaban J connectivity index is 2.04. The minimum absolute atomic E-state index is 0.208. The van der Waals surface area contributed by atoms with Gasteiger partial charge in [0.2, 0.25) is 0 Å². The topological polar surface area (TPSA) is 78.9 Å². The fourth-order valence-corrected chi connectivity index (χ4v) is 6.10. The molecule has 26 heavy (non-hydrogen) atoms. The Morgan fingerprint density at radius 2 is 1.92 bits per heavy atom. The van der Waals surface area contributed by atoms with Crippen LogP contribution in [0.3, 0.4) is 0 Å². The van der Waals surface area contributed by atoms with Gasteiger partial charge >= 0.3 is 5.97 Å². The van der Waals surface area contributed by atoms with Gasteiger partial charge in [0.05, 0.1) is 35.9 Å². The van der Waals surface area contributed by atoms with Crippen LogP contribution in [0.4, 0.5) is 0 Å². The third-order valence-corrected chi connectivity index (χ3v) is 7.31. The lowest BCUT2D eigenvalue weighted by molar-refractivity contribution is -0.157. The first-order valence-corrected chi connectivity index (χ1v) is 10.1. The van der Waals surface area contributed by atoms with E-state index in [0.717, 1.165) is 0 Å². The lowest BCUT2D eigenvalue weighted by Gasteiger charge is -2.29. The summed E-state index contributed by atoms with van der Waals surface area (Å²) >= 11 is 0. The van der Waals surface area contributed by atoms with E-state index >= 15 is 0 Å². The summed E-state index contributed by atoms with van der Waals surface area (Å²) in [6.45, 7) is 7.73. The summed E-state index contributed by atoms with van der Waals surface area (Å²) in [5.74, 6) is -2.51. The van der Waals surface area contributed by atoms with Crippen LogP contribution < -0.4 is 0 Å². The van der Waals surface area contributed by atoms with E-state index in [1.165, 1.54) is 7.11 Å². The first kappa shape index (κ1) is 19.1. The number of hydrogen-bond donors (Lipinski definition) is 0. The molecule has 1 aromatic carbocycles. The number of benzene rings is 1. The number of ether oxygens (including phenoxy) is 3. The smallest absolute Gasteiger partial charge is 0.309 e. The van der Waals surface area contributed by atoms with Crippen LogP contribution in [0.25, 0.3) is 0 Å². The van der Waals surface area contributed by atoms with Crippen LogP contribution in [0.5, 0.6) is 0 Å². The summed E-state index contributed by atoms with van der Waals surface area (Å²) in [6.07, 6.45) is -0.272. The van der Waals surface area contributed by atoms with Crippen molar-refractivity contribution in [3.8, 4) is 0 Å². The van der Waals surface area contributed by atoms with Crippen LogP contribution in [0, 0.1) is 11.8 Å². The lowest BCUT2D eigenvalue weighted by Crippen LogP contribution is -2.41. The second kappa shape index (κ2) is 6.79. The molecule has 1 aliphatic carbocycles. The Hall–Kier alpha value is -1.70. The standard InChI is InChI=1S/C19H24O6S/c1-12-10-14(18(20)23-4)16(15-11-24-19(2,3)25-15)17(12)26(21,22)13-8-6-5-7-9-13/h5-9,14-17H,1,10-11H2,2-4H3/t14-,15+,16-,17+/m0/s1. The molecule has 0 N–H and O–H groups in total. The van der Waals surface area contributed by atoms with Gasteiger partial charge in [-0.25, -0.2) is 8.42 Å². The molecule has 1 saturated heterocycles. The van der Waals surface area contributed by atoms with Crippen LogP contribution in [0.15, 0.2) is 47.4 Å². The number of carbonyl (C=O) groups excluding carboxylic acids is 1. The van der Waals surface area contributed by atoms with E-state index < -0.39 is 44.8 Å². The molecule has 0 amide bonds. The van der Waals surface area contributed by atoms with Gasteiger partial charge in [0.1, 0.15) is 0 Å². The van der Waals surface area contributed by atoms with Gasteiger partial charge in [0.15, 0.2) is 15.6 Å². The van der Waals surface area contributed by atoms with Gasteiger partial charge in [-0.1, -0.05) is 30.4 Å². The highest BCUT2D eigenvalue weighted by Gasteiger charge is 2.55. The number of sulfone groups is 1. The highest BCUT2D eigenvalue weighted by atomic mass is 32.2. The molecule has 7 heteroatoms. The molecule has 142 valence electrons. The second-order valence-electron chi connectivity index (χ2n) is 7.22. The van der Waals surface area contributed by atoms with Crippen molar-refractivity contribution >= 4 is 15.8 Å². The number of rotatable bonds is 4. The zero-order valence-electron chi connectivity index (χ0n) is 15.2. The Bertz CT molecular complexity index is 799. The second-order valence-corrected chi connectivity index (χ2v) is 9.28. The van der Waals surface area contributed by atoms with Gasteiger partial charge in [0.25, 0.3) is 0 Å². The first-order chi connectivity index (χ1) is 12.2. The largest absolute Gasteiger partial charge is 0.469 e. The number of methoxy groups -OCH3 is 1. The minimum atomic E-state index is -3.73. The van der Waals surface area contributed by atoms with E-state index in [-0.39, 0.29) is 17.9 Å². The molecule has 0 radical (unpaired) electrons. The van der Waals surface area contributed by atoms with E-state index in [2.05, 4.69) is 6.58 Å². The monoisotopic (exact) mass is 380 g/mol. The summed E-state index contributed by atoms with van der Waals surface area (Å²) < 4.78 is 43.1. The molecule has 2 fully saturated rings. The van der Waals surface area contributed by atoms with Gasteiger partial charge in [-0.05, 0) is 32.4 Å². The zero-order chi connectivity index (χ0) is 19.1. The fourth-order valence-electron chi connectivity index (χ4n) is 3.95. The molecule has 4 atom stereocenters. The molecule has 1 aromatic rings. The van der Waals surface area contributed by atoms with Crippen LogP contribution in [-0.2, 0) is 28.8 Å². The van der Waals surface area contributed by atoms with Gasteiger partial charge < -0.3 is 14.2 Å². The van der Waals surface area contributed by atoms with E-state index in [9.17, 15) is 13.2 Å². The van der Waals surface area contributed by atoms with Gasteiger partial charge in [-0.2, -0.15) is 0 Å². The summed E-state index contributed by atoms with van der Waals surface area (Å²) in [5, 5.41) is -0.920. The minimum Gasteiger partial charge on any atom is -0.469 e. The predicted molar refractivity (Wildman–Crippen MR) is 95.1 cm³/mol. The maximum absolute atomic E-state index is 13.3. The molecule has 1 heterocycles. The van der Waals surface area contributed by atoms with Gasteiger partial charge in [-0.3, -0.25) is 4.79 Å². The Morgan fingerprint density at radius 3 is 2.46 bits per heavy atom. The average molecular weight is 380 g/mol. The number of esters is 1. The molecule has 0 unspecified atom stereocenters. The molecule has 0 spiro atoms. The highest BCUT2D eigenvalue weighted by Crippen LogP contribution is 2.47. The summed E-state index contributed by atoms with van der Waals surface area (Å²) in [5.41, 5.74) is 0.502. The SMILES string of the molecule is C=C1C[C@H](C(=O)OC)[C@@H]([C@H]2COC(C)(C)O2)[C@@H]1S(=O)(=O)c1ccccc1. The van der Waals surface area contributed by atoms with E-state index in [1.807, 2.05) is 0 Å². The van der Waals surface area contributed by atoms with Crippen LogP contribution in [-0.4, -0.2) is 45.2 Å². The molecule has 0 bridgehead atoms. The predicted octanol–water partition coefficient (Wildman–Crippen LogP) is 2.35. The molecule has 3 rings (SSSR count). The molecule has 1 saturated carbocycles. The fraction of sp³-hybridized carbons (Fsp3) is 0.526. The quantitative estimate of drug-likeness (QED) is 0.589. The van der Waals surface area contributed by atoms with Crippen LogP contribution in [0.2, 0.25) is 0 Å². The maximum Gasteiger partial charge on any atom is 0.309 e. The van der Waals surface area contributed by atoms with E-state index in [1.54, 1.807) is 44.2 Å². The van der Waals surface area contributed by atoms with Crippen molar-refractivity contribution < 1.29 is 27.4 Å². The third kappa shape index (κ3) is 3.31. The highest BCUT2D eigenvalue weighted by molar-refractivity contribution is 7.92. The maximum atomic E-state index is 13.3. The molecular weight excluding hydrogens is 356 g/mol. The number of hydrogen-bond acceptors (Lipinski definition) is 6. The summed E-state index contributed by atoms with van der Waals surface area (Å²) in [7, 11) is -2.43. The van der Waals surface area contributed by atoms with Crippen molar-refractivity contribution in [2.24, 2.45) is 11.8 Å². The molecule has 0 aromatic heterocycles. The first-order valence-electron chi connectivity index (χ1n) is 8.53. The van der Waals surface area contributed by atoms with Crippen LogP contribution >= 0.6 is 0 Å². The normalized spacial score (nSPS) is 31.1. The van der Waals surface area contributed by atoms with Crippen LogP contribution in [0.1, 0.15) is 20.3 Å². The van der Waals surface area contributed by atoms with Crippen molar-refractivity contribution in [2.45, 2.75) is 42.3 Å². The molecular formula is C19H24O6S. The lowest BCUT2D eigenvalue weighted by atomic mass is 9.90. The third-order valence-electron chi connectivity index (χ3n) is 5.07. The molecule has 2 aliphatic rings. The average Bonchev–Trinajstić information content (AvgIpc) is 3.14. The van der Waals surface area contributed by atoms with Gasteiger partial charge in [0, 0.05) is 5.92 Å². The van der Waals surface area contributed by atoms with E-state index in [0.29, 0.717) is 5.57 Å². The number of carbonyl (C=O) groups is 1. The van der Waals surface area contributed by atoms with Gasteiger partial charge in [-0.15, -0.1) is 0 Å². The Morgan fingerprint density at radius 1 is 1.27 bits per heavy atom. The van der Waals surface area contributed by atoms with E-state index in [4.69, 9.17) is 14.2 Å². The van der Waals surface area contributed by atoms with Crippen molar-refractivity contribution in [3.63, 3.8) is 0 Å². The van der Waals surface area contributed by atoms with Crippen molar-refractivity contribution in [1.29, 1.82) is 0 Å². The zero-order valence-corrected chi connectivity index (χ0v) is 16.0. The molecule has 1 aliphatic heterocycles. The summed E-state index contributed by atoms with van der Waals surface area (Å²) in [4.78, 5) is 12.6. The molecule has 6 nitrogen and oxygen atoms in total. The van der Waals surface area contributed by atoms with Crippen molar-refractivity contribution in [1.82, 2.24) is 0 Å². The van der Waals surface area contributed by atoms with Crippen molar-refractivity contribution in [3.05, 3.63) is 42.5 Å². The Labute approximate surface area is 154 Å². The van der Waals surface area contributed by atoms with Crippen molar-refractivity contribution in [2.75, 3.05) is 13.7 Å². The Kier molecular flexibility index (Phi) is 4.98. The summed E-state index contributed by atoms with van der Waals surface area (Å²) in [6, 6.07) is 8.22.